The number of halogens is 1. The number of rotatable bonds is 7. The van der Waals surface area contributed by atoms with Crippen molar-refractivity contribution in [2.24, 2.45) is 0 Å². The lowest BCUT2D eigenvalue weighted by molar-refractivity contribution is 0.830. The zero-order valence-corrected chi connectivity index (χ0v) is 16.4. The standard InChI is InChI=1S/C20H22ClN7/c1-11(14-4-2-3-5-15(14)21)22-19-24-18(13-8-9-13)25-20(26-19)23-17-10-16(27-28-17)12-6-7-12/h2-5,10-13H,6-9H2,1H3,(H3,22,23,24,25,26,27,28). The summed E-state index contributed by atoms with van der Waals surface area (Å²) in [6.07, 6.45) is 4.70. The van der Waals surface area contributed by atoms with E-state index in [1.54, 1.807) is 0 Å². The summed E-state index contributed by atoms with van der Waals surface area (Å²) in [6, 6.07) is 9.81. The molecule has 2 fully saturated rings. The average Bonchev–Trinajstić information content (AvgIpc) is 3.60. The van der Waals surface area contributed by atoms with Crippen LogP contribution in [0.25, 0.3) is 0 Å². The van der Waals surface area contributed by atoms with E-state index in [-0.39, 0.29) is 6.04 Å². The second-order valence-corrected chi connectivity index (χ2v) is 8.02. The fourth-order valence-corrected chi connectivity index (χ4v) is 3.55. The smallest absolute Gasteiger partial charge is 0.233 e. The molecule has 0 spiro atoms. The summed E-state index contributed by atoms with van der Waals surface area (Å²) >= 11 is 6.33. The number of aromatic nitrogens is 5. The number of aromatic amines is 1. The van der Waals surface area contributed by atoms with Crippen LogP contribution in [0.4, 0.5) is 17.7 Å². The summed E-state index contributed by atoms with van der Waals surface area (Å²) < 4.78 is 0. The minimum Gasteiger partial charge on any atom is -0.347 e. The average molecular weight is 396 g/mol. The SMILES string of the molecule is CC(Nc1nc(Nc2cc(C3CC3)[nH]n2)nc(C2CC2)n1)c1ccccc1Cl. The van der Waals surface area contributed by atoms with Crippen LogP contribution in [0.15, 0.2) is 30.3 Å². The molecule has 0 saturated heterocycles. The summed E-state index contributed by atoms with van der Waals surface area (Å²) in [5.41, 5.74) is 2.18. The highest BCUT2D eigenvalue weighted by molar-refractivity contribution is 6.31. The second kappa shape index (κ2) is 7.05. The fraction of sp³-hybridized carbons (Fsp3) is 0.400. The van der Waals surface area contributed by atoms with Gasteiger partial charge in [-0.3, -0.25) is 5.10 Å². The number of nitrogens with one attached hydrogen (secondary N) is 3. The molecule has 2 aromatic heterocycles. The molecular weight excluding hydrogens is 374 g/mol. The Balaban J connectivity index is 1.38. The molecule has 0 bridgehead atoms. The van der Waals surface area contributed by atoms with Crippen LogP contribution in [0.3, 0.4) is 0 Å². The number of hydrogen-bond donors (Lipinski definition) is 3. The van der Waals surface area contributed by atoms with Gasteiger partial charge < -0.3 is 10.6 Å². The second-order valence-electron chi connectivity index (χ2n) is 7.61. The van der Waals surface area contributed by atoms with Gasteiger partial charge in [0.15, 0.2) is 5.82 Å². The van der Waals surface area contributed by atoms with Crippen LogP contribution in [-0.4, -0.2) is 25.1 Å². The highest BCUT2D eigenvalue weighted by Crippen LogP contribution is 2.40. The van der Waals surface area contributed by atoms with Gasteiger partial charge in [0.05, 0.1) is 6.04 Å². The topological polar surface area (TPSA) is 91.4 Å². The molecule has 2 aliphatic rings. The van der Waals surface area contributed by atoms with Crippen LogP contribution in [-0.2, 0) is 0 Å². The van der Waals surface area contributed by atoms with Crippen molar-refractivity contribution in [3.63, 3.8) is 0 Å². The Morgan fingerprint density at radius 2 is 1.79 bits per heavy atom. The maximum Gasteiger partial charge on any atom is 0.233 e. The normalized spacial score (nSPS) is 17.4. The molecule has 1 atom stereocenters. The largest absolute Gasteiger partial charge is 0.347 e. The van der Waals surface area contributed by atoms with Gasteiger partial charge in [0, 0.05) is 28.6 Å². The Bertz CT molecular complexity index is 994. The van der Waals surface area contributed by atoms with Crippen molar-refractivity contribution in [2.45, 2.75) is 50.5 Å². The number of hydrogen-bond acceptors (Lipinski definition) is 6. The van der Waals surface area contributed by atoms with E-state index in [1.165, 1.54) is 18.5 Å². The van der Waals surface area contributed by atoms with Crippen molar-refractivity contribution < 1.29 is 0 Å². The minimum atomic E-state index is -0.0251. The Hall–Kier alpha value is -2.67. The maximum absolute atomic E-state index is 6.33. The first-order chi connectivity index (χ1) is 13.7. The molecule has 1 aromatic carbocycles. The first kappa shape index (κ1) is 17.4. The first-order valence-corrected chi connectivity index (χ1v) is 10.1. The van der Waals surface area contributed by atoms with Gasteiger partial charge in [-0.25, -0.2) is 0 Å². The Morgan fingerprint density at radius 3 is 2.54 bits per heavy atom. The van der Waals surface area contributed by atoms with Crippen molar-refractivity contribution in [1.29, 1.82) is 0 Å². The van der Waals surface area contributed by atoms with Gasteiger partial charge in [0.2, 0.25) is 11.9 Å². The molecule has 2 heterocycles. The third-order valence-corrected chi connectivity index (χ3v) is 5.51. The van der Waals surface area contributed by atoms with Crippen LogP contribution in [0.2, 0.25) is 5.02 Å². The number of anilines is 3. The predicted octanol–water partition coefficient (Wildman–Crippen LogP) is 4.92. The van der Waals surface area contributed by atoms with E-state index in [4.69, 9.17) is 11.6 Å². The van der Waals surface area contributed by atoms with E-state index < -0.39 is 0 Å². The van der Waals surface area contributed by atoms with Gasteiger partial charge in [-0.1, -0.05) is 29.8 Å². The van der Waals surface area contributed by atoms with Gasteiger partial charge in [-0.15, -0.1) is 0 Å². The predicted molar refractivity (Wildman–Crippen MR) is 109 cm³/mol. The molecule has 144 valence electrons. The lowest BCUT2D eigenvalue weighted by Gasteiger charge is -2.16. The third kappa shape index (κ3) is 3.80. The van der Waals surface area contributed by atoms with E-state index in [0.29, 0.717) is 23.7 Å². The first-order valence-electron chi connectivity index (χ1n) is 9.75. The molecule has 2 saturated carbocycles. The van der Waals surface area contributed by atoms with Crippen LogP contribution in [0.1, 0.15) is 67.6 Å². The zero-order valence-electron chi connectivity index (χ0n) is 15.6. The molecular formula is C20H22ClN7. The molecule has 8 heteroatoms. The molecule has 0 radical (unpaired) electrons. The third-order valence-electron chi connectivity index (χ3n) is 5.17. The van der Waals surface area contributed by atoms with Gasteiger partial charge in [-0.2, -0.15) is 20.1 Å². The quantitative estimate of drug-likeness (QED) is 0.526. The Morgan fingerprint density at radius 1 is 1.04 bits per heavy atom. The Labute approximate surface area is 168 Å². The van der Waals surface area contributed by atoms with Crippen LogP contribution >= 0.6 is 11.6 Å². The summed E-state index contributed by atoms with van der Waals surface area (Å²) in [6.45, 7) is 2.05. The van der Waals surface area contributed by atoms with E-state index in [1.807, 2.05) is 37.3 Å². The summed E-state index contributed by atoms with van der Waals surface area (Å²) in [5.74, 6) is 3.66. The summed E-state index contributed by atoms with van der Waals surface area (Å²) in [5, 5.41) is 14.8. The highest BCUT2D eigenvalue weighted by Gasteiger charge is 2.29. The molecule has 0 aliphatic heterocycles. The van der Waals surface area contributed by atoms with E-state index in [0.717, 1.165) is 35.1 Å². The van der Waals surface area contributed by atoms with E-state index >= 15 is 0 Å². The molecule has 3 N–H and O–H groups in total. The number of benzene rings is 1. The maximum atomic E-state index is 6.33. The van der Waals surface area contributed by atoms with Crippen molar-refractivity contribution in [3.8, 4) is 0 Å². The fourth-order valence-electron chi connectivity index (χ4n) is 3.25. The van der Waals surface area contributed by atoms with E-state index in [2.05, 4.69) is 35.8 Å². The Kier molecular flexibility index (Phi) is 4.39. The minimum absolute atomic E-state index is 0.0251. The molecule has 5 rings (SSSR count). The van der Waals surface area contributed by atoms with Crippen molar-refractivity contribution in [2.75, 3.05) is 10.6 Å². The molecule has 0 amide bonds. The molecule has 2 aliphatic carbocycles. The van der Waals surface area contributed by atoms with Crippen molar-refractivity contribution in [1.82, 2.24) is 25.1 Å². The zero-order chi connectivity index (χ0) is 19.1. The molecule has 3 aromatic rings. The lowest BCUT2D eigenvalue weighted by Crippen LogP contribution is -2.13. The number of H-pyrrole nitrogens is 1. The van der Waals surface area contributed by atoms with Gasteiger partial charge >= 0.3 is 0 Å². The number of nitrogens with zero attached hydrogens (tertiary/aromatic N) is 4. The van der Waals surface area contributed by atoms with Crippen LogP contribution in [0, 0.1) is 0 Å². The molecule has 7 nitrogen and oxygen atoms in total. The van der Waals surface area contributed by atoms with Crippen molar-refractivity contribution >= 4 is 29.3 Å². The monoisotopic (exact) mass is 395 g/mol. The van der Waals surface area contributed by atoms with Gasteiger partial charge in [-0.05, 0) is 44.2 Å². The van der Waals surface area contributed by atoms with Crippen LogP contribution in [0.5, 0.6) is 0 Å². The summed E-state index contributed by atoms with van der Waals surface area (Å²) in [4.78, 5) is 13.8. The highest BCUT2D eigenvalue weighted by atomic mass is 35.5. The van der Waals surface area contributed by atoms with Gasteiger partial charge in [0.1, 0.15) is 5.82 Å². The van der Waals surface area contributed by atoms with Crippen molar-refractivity contribution in [3.05, 3.63) is 52.4 Å². The molecule has 28 heavy (non-hydrogen) atoms. The van der Waals surface area contributed by atoms with E-state index in [9.17, 15) is 0 Å². The molecule has 1 unspecified atom stereocenters. The van der Waals surface area contributed by atoms with Gasteiger partial charge in [0.25, 0.3) is 0 Å². The lowest BCUT2D eigenvalue weighted by atomic mass is 10.1. The summed E-state index contributed by atoms with van der Waals surface area (Å²) in [7, 11) is 0. The van der Waals surface area contributed by atoms with Crippen LogP contribution < -0.4 is 10.6 Å².